The van der Waals surface area contributed by atoms with E-state index in [1.165, 1.54) is 167 Å². The Labute approximate surface area is 373 Å². The number of hydrogen-bond acceptors (Lipinski definition) is 10. The minimum absolute atomic E-state index is 0.227. The van der Waals surface area contributed by atoms with Gasteiger partial charge in [0.2, 0.25) is 5.91 Å². The molecule has 0 bridgehead atoms. The molecule has 1 aliphatic heterocycles. The van der Waals surface area contributed by atoms with E-state index >= 15 is 0 Å². The molecule has 61 heavy (non-hydrogen) atoms. The fourth-order valence-corrected chi connectivity index (χ4v) is 8.97. The molecule has 1 rings (SSSR count). The normalized spacial score (nSPS) is 20.5. The average molecular weight is 894 g/mol. The maximum Gasteiger partial charge on any atom is 0.397 e. The van der Waals surface area contributed by atoms with Crippen LogP contribution in [-0.2, 0) is 28.9 Å². The zero-order chi connectivity index (χ0) is 44.8. The Morgan fingerprint density at radius 2 is 0.951 bits per heavy atom. The number of aliphatic hydroxyl groups is 4. The monoisotopic (exact) mass is 894 g/mol. The van der Waals surface area contributed by atoms with Crippen molar-refractivity contribution in [1.82, 2.24) is 5.32 Å². The van der Waals surface area contributed by atoms with Crippen molar-refractivity contribution in [3.05, 3.63) is 0 Å². The highest BCUT2D eigenvalue weighted by molar-refractivity contribution is 7.80. The minimum atomic E-state index is -5.07. The number of carbonyl (C=O) groups excluding carboxylic acids is 1. The zero-order valence-corrected chi connectivity index (χ0v) is 39.8. The maximum atomic E-state index is 13.0. The molecule has 0 radical (unpaired) electrons. The summed E-state index contributed by atoms with van der Waals surface area (Å²) in [7, 11) is -5.07. The van der Waals surface area contributed by atoms with Gasteiger partial charge in [-0.25, -0.2) is 4.18 Å². The van der Waals surface area contributed by atoms with E-state index in [1.807, 2.05) is 0 Å². The van der Waals surface area contributed by atoms with Crippen LogP contribution in [0.2, 0.25) is 0 Å². The number of ether oxygens (including phenoxy) is 2. The Kier molecular flexibility index (Phi) is 37.6. The third kappa shape index (κ3) is 32.4. The summed E-state index contributed by atoms with van der Waals surface area (Å²) in [5, 5.41) is 44.8. The Bertz CT molecular complexity index is 1100. The Morgan fingerprint density at radius 1 is 0.590 bits per heavy atom. The van der Waals surface area contributed by atoms with Gasteiger partial charge in [0.15, 0.2) is 6.29 Å². The van der Waals surface area contributed by atoms with Crippen LogP contribution in [-0.4, -0.2) is 95.4 Å². The number of carbonyl (C=O) groups is 1. The van der Waals surface area contributed by atoms with E-state index in [0.29, 0.717) is 12.8 Å². The van der Waals surface area contributed by atoms with Gasteiger partial charge in [0.05, 0.1) is 25.4 Å². The highest BCUT2D eigenvalue weighted by Crippen LogP contribution is 2.26. The first-order chi connectivity index (χ1) is 29.5. The fourth-order valence-electron chi connectivity index (χ4n) is 8.46. The van der Waals surface area contributed by atoms with E-state index in [-0.39, 0.29) is 12.5 Å². The van der Waals surface area contributed by atoms with Gasteiger partial charge in [-0.1, -0.05) is 226 Å². The lowest BCUT2D eigenvalue weighted by molar-refractivity contribution is -0.298. The van der Waals surface area contributed by atoms with Gasteiger partial charge in [0.25, 0.3) is 0 Å². The highest BCUT2D eigenvalue weighted by atomic mass is 32.3. The first-order valence-electron chi connectivity index (χ1n) is 25.4. The minimum Gasteiger partial charge on any atom is -0.394 e. The van der Waals surface area contributed by atoms with Gasteiger partial charge in [-0.15, -0.1) is 0 Å². The Balaban J connectivity index is 2.28. The van der Waals surface area contributed by atoms with E-state index in [0.717, 1.165) is 51.4 Å². The summed E-state index contributed by atoms with van der Waals surface area (Å²) in [4.78, 5) is 13.0. The summed E-state index contributed by atoms with van der Waals surface area (Å²) in [6, 6.07) is -0.850. The van der Waals surface area contributed by atoms with Gasteiger partial charge in [0, 0.05) is 6.42 Å². The molecular formula is C48H95NO11S. The molecule has 6 N–H and O–H groups in total. The number of nitrogens with one attached hydrogen (secondary N) is 1. The topological polar surface area (TPSA) is 192 Å². The van der Waals surface area contributed by atoms with Crippen molar-refractivity contribution in [2.45, 2.75) is 288 Å². The number of amides is 1. The predicted molar refractivity (Wildman–Crippen MR) is 246 cm³/mol. The van der Waals surface area contributed by atoms with Gasteiger partial charge in [-0.3, -0.25) is 9.35 Å². The third-order valence-electron chi connectivity index (χ3n) is 12.4. The molecule has 364 valence electrons. The zero-order valence-electron chi connectivity index (χ0n) is 39.0. The number of aliphatic hydroxyl groups excluding tert-OH is 4. The molecular weight excluding hydrogens is 799 g/mol. The van der Waals surface area contributed by atoms with Crippen LogP contribution in [0.1, 0.15) is 245 Å². The molecule has 7 unspecified atom stereocenters. The quantitative estimate of drug-likeness (QED) is 0.0252. The molecule has 0 aromatic rings. The largest absolute Gasteiger partial charge is 0.397 e. The summed E-state index contributed by atoms with van der Waals surface area (Å²) >= 11 is 0. The SMILES string of the molecule is CCCCCCCCCCCCCCCCCCCCCCCCCCCC(=O)NC(COC1OC(CO)C(O)C(OS(=O)(=O)O)C1O)C(O)CCCCCCCCCCC. The lowest BCUT2D eigenvalue weighted by Crippen LogP contribution is -2.61. The van der Waals surface area contributed by atoms with Crippen molar-refractivity contribution in [3.8, 4) is 0 Å². The molecule has 0 aliphatic carbocycles. The van der Waals surface area contributed by atoms with Crippen LogP contribution in [0.25, 0.3) is 0 Å². The summed E-state index contributed by atoms with van der Waals surface area (Å²) in [5.41, 5.74) is 0. The van der Waals surface area contributed by atoms with Crippen molar-refractivity contribution >= 4 is 16.3 Å². The highest BCUT2D eigenvalue weighted by Gasteiger charge is 2.48. The van der Waals surface area contributed by atoms with Crippen molar-refractivity contribution in [2.24, 2.45) is 0 Å². The molecule has 7 atom stereocenters. The first-order valence-corrected chi connectivity index (χ1v) is 26.8. The van der Waals surface area contributed by atoms with Crippen molar-refractivity contribution in [3.63, 3.8) is 0 Å². The summed E-state index contributed by atoms with van der Waals surface area (Å²) in [5.74, 6) is -0.227. The molecule has 1 fully saturated rings. The molecule has 0 spiro atoms. The molecule has 0 aromatic carbocycles. The van der Waals surface area contributed by atoms with Gasteiger partial charge >= 0.3 is 10.4 Å². The van der Waals surface area contributed by atoms with E-state index in [9.17, 15) is 38.2 Å². The lowest BCUT2D eigenvalue weighted by Gasteiger charge is -2.41. The summed E-state index contributed by atoms with van der Waals surface area (Å²) < 4.78 is 47.6. The molecule has 1 amide bonds. The molecule has 1 aliphatic rings. The van der Waals surface area contributed by atoms with Crippen molar-refractivity contribution < 1.29 is 51.8 Å². The van der Waals surface area contributed by atoms with Crippen molar-refractivity contribution in [2.75, 3.05) is 13.2 Å². The molecule has 0 saturated carbocycles. The van der Waals surface area contributed by atoms with Gasteiger partial charge in [-0.2, -0.15) is 8.42 Å². The van der Waals surface area contributed by atoms with Crippen LogP contribution >= 0.6 is 0 Å². The Hall–Kier alpha value is -0.900. The first kappa shape index (κ1) is 58.1. The lowest BCUT2D eigenvalue weighted by atomic mass is 9.99. The van der Waals surface area contributed by atoms with Gasteiger partial charge in [0.1, 0.15) is 24.4 Å². The second-order valence-corrected chi connectivity index (χ2v) is 19.2. The third-order valence-corrected chi connectivity index (χ3v) is 12.9. The number of hydrogen-bond donors (Lipinski definition) is 6. The summed E-state index contributed by atoms with van der Waals surface area (Å²) in [6.45, 7) is 3.44. The molecule has 1 saturated heterocycles. The molecule has 1 heterocycles. The maximum absolute atomic E-state index is 13.0. The van der Waals surface area contributed by atoms with Crippen LogP contribution in [0.15, 0.2) is 0 Å². The van der Waals surface area contributed by atoms with E-state index in [1.54, 1.807) is 0 Å². The molecule has 0 aromatic heterocycles. The van der Waals surface area contributed by atoms with Crippen LogP contribution in [0.4, 0.5) is 0 Å². The van der Waals surface area contributed by atoms with E-state index in [2.05, 4.69) is 23.3 Å². The second kappa shape index (κ2) is 39.5. The van der Waals surface area contributed by atoms with Gasteiger partial charge < -0.3 is 35.2 Å². The smallest absolute Gasteiger partial charge is 0.394 e. The van der Waals surface area contributed by atoms with E-state index in [4.69, 9.17) is 9.47 Å². The van der Waals surface area contributed by atoms with Gasteiger partial charge in [-0.05, 0) is 12.8 Å². The predicted octanol–water partition coefficient (Wildman–Crippen LogP) is 10.6. The Morgan fingerprint density at radius 3 is 1.31 bits per heavy atom. The van der Waals surface area contributed by atoms with Crippen molar-refractivity contribution in [1.29, 1.82) is 0 Å². The summed E-state index contributed by atoms with van der Waals surface area (Å²) in [6.07, 6.45) is 34.2. The van der Waals surface area contributed by atoms with Crippen LogP contribution in [0, 0.1) is 0 Å². The van der Waals surface area contributed by atoms with Crippen LogP contribution < -0.4 is 5.32 Å². The molecule has 12 nitrogen and oxygen atoms in total. The second-order valence-electron chi connectivity index (χ2n) is 18.1. The number of unbranched alkanes of at least 4 members (excludes halogenated alkanes) is 32. The standard InChI is InChI=1S/C48H95NO11S/c1-3-5-7-9-11-13-14-15-16-17-18-19-20-21-22-23-24-25-26-27-28-30-32-34-36-38-44(52)49-41(42(51)37-35-33-31-29-12-10-8-6-4-2)40-58-48-46(54)47(60-61(55,56)57)45(53)43(39-50)59-48/h41-43,45-48,50-51,53-54H,3-40H2,1-2H3,(H,49,52)(H,55,56,57). The number of rotatable bonds is 44. The fraction of sp³-hybridized carbons (Fsp3) is 0.979. The van der Waals surface area contributed by atoms with Crippen LogP contribution in [0.3, 0.4) is 0 Å². The van der Waals surface area contributed by atoms with Crippen LogP contribution in [0.5, 0.6) is 0 Å². The molecule has 13 heteroatoms. The average Bonchev–Trinajstić information content (AvgIpc) is 3.23. The van der Waals surface area contributed by atoms with E-state index < -0.39 is 59.9 Å².